The first-order valence-corrected chi connectivity index (χ1v) is 9.56. The van der Waals surface area contributed by atoms with Crippen LogP contribution in [0.2, 0.25) is 5.02 Å². The molecule has 0 fully saturated rings. The van der Waals surface area contributed by atoms with Crippen molar-refractivity contribution in [2.24, 2.45) is 0 Å². The van der Waals surface area contributed by atoms with E-state index in [0.29, 0.717) is 11.6 Å². The Hall–Kier alpha value is -2.64. The van der Waals surface area contributed by atoms with Crippen LogP contribution in [0.1, 0.15) is 29.5 Å². The first kappa shape index (κ1) is 22.6. The molecule has 0 spiro atoms. The van der Waals surface area contributed by atoms with Crippen molar-refractivity contribution in [1.29, 1.82) is 0 Å². The summed E-state index contributed by atoms with van der Waals surface area (Å²) in [6, 6.07) is 10.3. The highest BCUT2D eigenvalue weighted by Gasteiger charge is 2.16. The third-order valence-electron chi connectivity index (χ3n) is 4.28. The average Bonchev–Trinajstić information content (AvgIpc) is 2.93. The summed E-state index contributed by atoms with van der Waals surface area (Å²) in [5.41, 5.74) is 3.41. The number of nitrogens with one attached hydrogen (secondary N) is 1. The summed E-state index contributed by atoms with van der Waals surface area (Å²) in [5, 5.41) is 19.8. The second-order valence-electron chi connectivity index (χ2n) is 6.47. The summed E-state index contributed by atoms with van der Waals surface area (Å²) in [6.07, 6.45) is 1.30. The van der Waals surface area contributed by atoms with Crippen LogP contribution < -0.4 is 10.1 Å². The largest absolute Gasteiger partial charge is 0.487 e. The Labute approximate surface area is 173 Å². The topological polar surface area (TPSA) is 95.9 Å². The molecule has 6 nitrogen and oxygen atoms in total. The van der Waals surface area contributed by atoms with Crippen molar-refractivity contribution < 1.29 is 28.9 Å². The smallest absolute Gasteiger partial charge is 0.303 e. The summed E-state index contributed by atoms with van der Waals surface area (Å²) < 4.78 is 18.8. The average molecular weight is 424 g/mol. The van der Waals surface area contributed by atoms with Crippen molar-refractivity contribution in [3.63, 3.8) is 0 Å². The number of hydrogen-bond donors (Lipinski definition) is 3. The summed E-state index contributed by atoms with van der Waals surface area (Å²) in [5.74, 6) is -1.63. The molecule has 1 aliphatic rings. The van der Waals surface area contributed by atoms with E-state index in [9.17, 15) is 14.0 Å². The third kappa shape index (κ3) is 7.71. The minimum Gasteiger partial charge on any atom is -0.487 e. The Morgan fingerprint density at radius 1 is 1.00 bits per heavy atom. The van der Waals surface area contributed by atoms with Crippen LogP contribution in [0.3, 0.4) is 0 Å². The van der Waals surface area contributed by atoms with E-state index in [0.717, 1.165) is 37.2 Å². The summed E-state index contributed by atoms with van der Waals surface area (Å²) in [4.78, 5) is 19.3. The molecule has 3 N–H and O–H groups in total. The number of halogens is 2. The minimum absolute atomic E-state index is 0.239. The van der Waals surface area contributed by atoms with E-state index in [-0.39, 0.29) is 18.7 Å². The number of carboxylic acid groups (broad SMARTS) is 2. The van der Waals surface area contributed by atoms with Gasteiger partial charge >= 0.3 is 11.9 Å². The lowest BCUT2D eigenvalue weighted by Gasteiger charge is -2.15. The summed E-state index contributed by atoms with van der Waals surface area (Å²) in [6.45, 7) is 2.30. The van der Waals surface area contributed by atoms with E-state index in [1.54, 1.807) is 12.1 Å². The Bertz CT molecular complexity index is 828. The van der Waals surface area contributed by atoms with E-state index in [1.165, 1.54) is 23.3 Å². The predicted molar refractivity (Wildman–Crippen MR) is 107 cm³/mol. The van der Waals surface area contributed by atoms with Crippen LogP contribution in [0, 0.1) is 5.82 Å². The minimum atomic E-state index is -1.08. The van der Waals surface area contributed by atoms with Crippen LogP contribution >= 0.6 is 11.6 Å². The Balaban J connectivity index is 0.000000321. The van der Waals surface area contributed by atoms with Crippen LogP contribution in [0.15, 0.2) is 36.4 Å². The van der Waals surface area contributed by atoms with Gasteiger partial charge in [0.1, 0.15) is 18.2 Å². The third-order valence-corrected chi connectivity index (χ3v) is 4.58. The van der Waals surface area contributed by atoms with Crippen molar-refractivity contribution in [2.45, 2.75) is 32.3 Å². The van der Waals surface area contributed by atoms with E-state index >= 15 is 0 Å². The molecule has 0 unspecified atom stereocenters. The van der Waals surface area contributed by atoms with Crippen LogP contribution in [0.4, 0.5) is 4.39 Å². The second-order valence-corrected chi connectivity index (χ2v) is 6.87. The molecule has 156 valence electrons. The van der Waals surface area contributed by atoms with E-state index in [1.807, 2.05) is 6.07 Å². The Kier molecular flexibility index (Phi) is 8.89. The molecular weight excluding hydrogens is 401 g/mol. The van der Waals surface area contributed by atoms with Crippen LogP contribution in [0.5, 0.6) is 5.75 Å². The van der Waals surface area contributed by atoms with Crippen LogP contribution in [0.25, 0.3) is 0 Å². The molecule has 0 aliphatic carbocycles. The standard InChI is InChI=1S/C17H17ClFNO.C4H6O4/c18-16-6-3-13-7-9-20-10-8-15(13)17(16)21-11-12-1-4-14(19)5-2-12;5-3(6)1-2-4(7)8/h1-6,20H,7-11H2;1-2H2,(H,5,6)(H,7,8). The Morgan fingerprint density at radius 3 is 2.24 bits per heavy atom. The van der Waals surface area contributed by atoms with Gasteiger partial charge in [0.15, 0.2) is 0 Å². The van der Waals surface area contributed by atoms with Gasteiger partial charge in [-0.3, -0.25) is 9.59 Å². The molecule has 0 aromatic heterocycles. The normalized spacial score (nSPS) is 12.8. The Morgan fingerprint density at radius 2 is 1.62 bits per heavy atom. The van der Waals surface area contributed by atoms with Crippen molar-refractivity contribution in [2.75, 3.05) is 13.1 Å². The van der Waals surface area contributed by atoms with Crippen LogP contribution in [-0.4, -0.2) is 35.2 Å². The van der Waals surface area contributed by atoms with Crippen molar-refractivity contribution in [1.82, 2.24) is 5.32 Å². The molecule has 0 amide bonds. The van der Waals surface area contributed by atoms with E-state index in [2.05, 4.69) is 11.4 Å². The van der Waals surface area contributed by atoms with Crippen LogP contribution in [-0.2, 0) is 29.0 Å². The predicted octanol–water partition coefficient (Wildman–Crippen LogP) is 3.68. The molecule has 1 heterocycles. The van der Waals surface area contributed by atoms with Crippen molar-refractivity contribution >= 4 is 23.5 Å². The van der Waals surface area contributed by atoms with Gasteiger partial charge in [0, 0.05) is 5.56 Å². The highest BCUT2D eigenvalue weighted by atomic mass is 35.5. The molecule has 0 radical (unpaired) electrons. The number of fused-ring (bicyclic) bond motifs is 1. The lowest BCUT2D eigenvalue weighted by atomic mass is 10.0. The molecule has 3 rings (SSSR count). The highest BCUT2D eigenvalue weighted by molar-refractivity contribution is 6.32. The van der Waals surface area contributed by atoms with E-state index in [4.69, 9.17) is 26.6 Å². The zero-order chi connectivity index (χ0) is 21.2. The lowest BCUT2D eigenvalue weighted by molar-refractivity contribution is -0.143. The zero-order valence-corrected chi connectivity index (χ0v) is 16.5. The molecule has 0 saturated carbocycles. The molecule has 0 saturated heterocycles. The lowest BCUT2D eigenvalue weighted by Crippen LogP contribution is -2.16. The van der Waals surface area contributed by atoms with Gasteiger partial charge < -0.3 is 20.3 Å². The molecule has 29 heavy (non-hydrogen) atoms. The van der Waals surface area contributed by atoms with Gasteiger partial charge in [-0.1, -0.05) is 29.8 Å². The highest BCUT2D eigenvalue weighted by Crippen LogP contribution is 2.33. The fraction of sp³-hybridized carbons (Fsp3) is 0.333. The van der Waals surface area contributed by atoms with Gasteiger partial charge in [-0.05, 0) is 55.3 Å². The molecule has 1 aliphatic heterocycles. The number of carbonyl (C=O) groups is 2. The number of hydrogen-bond acceptors (Lipinski definition) is 4. The zero-order valence-electron chi connectivity index (χ0n) is 15.8. The maximum absolute atomic E-state index is 12.9. The van der Waals surface area contributed by atoms with Gasteiger partial charge in [-0.2, -0.15) is 0 Å². The van der Waals surface area contributed by atoms with Gasteiger partial charge in [0.25, 0.3) is 0 Å². The van der Waals surface area contributed by atoms with Gasteiger partial charge in [0.2, 0.25) is 0 Å². The number of ether oxygens (including phenoxy) is 1. The maximum Gasteiger partial charge on any atom is 0.303 e. The molecule has 2 aromatic rings. The fourth-order valence-electron chi connectivity index (χ4n) is 2.82. The van der Waals surface area contributed by atoms with Gasteiger partial charge in [0.05, 0.1) is 17.9 Å². The quantitative estimate of drug-likeness (QED) is 0.656. The van der Waals surface area contributed by atoms with Gasteiger partial charge in [-0.25, -0.2) is 4.39 Å². The van der Waals surface area contributed by atoms with Gasteiger partial charge in [-0.15, -0.1) is 0 Å². The number of carboxylic acids is 2. The molecular formula is C21H23ClFNO5. The monoisotopic (exact) mass is 423 g/mol. The first-order valence-electron chi connectivity index (χ1n) is 9.18. The summed E-state index contributed by atoms with van der Waals surface area (Å²) >= 11 is 6.30. The molecule has 0 atom stereocenters. The van der Waals surface area contributed by atoms with Crippen molar-refractivity contribution in [3.8, 4) is 5.75 Å². The maximum atomic E-state index is 12.9. The first-order chi connectivity index (χ1) is 13.9. The van der Waals surface area contributed by atoms with E-state index < -0.39 is 11.9 Å². The second kappa shape index (κ2) is 11.4. The van der Waals surface area contributed by atoms with Crippen molar-refractivity contribution in [3.05, 3.63) is 63.9 Å². The number of benzene rings is 2. The molecule has 2 aromatic carbocycles. The molecule has 8 heteroatoms. The fourth-order valence-corrected chi connectivity index (χ4v) is 3.05. The number of aliphatic carboxylic acids is 2. The SMILES string of the molecule is Fc1ccc(COc2c(Cl)ccc3c2CCNCC3)cc1.O=C(O)CCC(=O)O. The summed E-state index contributed by atoms with van der Waals surface area (Å²) in [7, 11) is 0. The number of rotatable bonds is 6. The molecule has 0 bridgehead atoms.